The van der Waals surface area contributed by atoms with Crippen LogP contribution in [-0.4, -0.2) is 0 Å². The van der Waals surface area contributed by atoms with E-state index < -0.39 is 0 Å². The molecule has 0 aliphatic heterocycles. The number of para-hydroxylation sites is 1. The Hall–Kier alpha value is -2.25. The minimum absolute atomic E-state index is 0.392. The summed E-state index contributed by atoms with van der Waals surface area (Å²) >= 11 is 6.03. The zero-order valence-corrected chi connectivity index (χ0v) is 15.6. The van der Waals surface area contributed by atoms with Gasteiger partial charge in [0.1, 0.15) is 11.5 Å². The van der Waals surface area contributed by atoms with E-state index >= 15 is 0 Å². The summed E-state index contributed by atoms with van der Waals surface area (Å²) in [4.78, 5) is 0. The zero-order chi connectivity index (χ0) is 17.8. The Bertz CT molecular complexity index is 851. The van der Waals surface area contributed by atoms with Crippen LogP contribution in [0.3, 0.4) is 0 Å². The maximum atomic E-state index is 6.03. The van der Waals surface area contributed by atoms with Gasteiger partial charge in [-0.25, -0.2) is 0 Å². The summed E-state index contributed by atoms with van der Waals surface area (Å²) in [7, 11) is 0. The standard InChI is InChI=1S/C24H23ClO/c25-21-13-11-20(12-14-21)24(16-17-24)15-5-7-19-6-4-10-23(18-19)26-22-8-2-1-3-9-22/h1-4,6,8-14,18H,5,7,15-17H2. The van der Waals surface area contributed by atoms with Gasteiger partial charge >= 0.3 is 0 Å². The molecule has 1 nitrogen and oxygen atoms in total. The Morgan fingerprint density at radius 2 is 1.54 bits per heavy atom. The van der Waals surface area contributed by atoms with Crippen molar-refractivity contribution in [1.29, 1.82) is 0 Å². The highest BCUT2D eigenvalue weighted by atomic mass is 35.5. The van der Waals surface area contributed by atoms with Crippen LogP contribution in [0, 0.1) is 0 Å². The Balaban J connectivity index is 1.35. The smallest absolute Gasteiger partial charge is 0.127 e. The van der Waals surface area contributed by atoms with E-state index in [1.807, 2.05) is 48.5 Å². The van der Waals surface area contributed by atoms with Crippen molar-refractivity contribution < 1.29 is 4.74 Å². The van der Waals surface area contributed by atoms with Gasteiger partial charge in [-0.1, -0.05) is 54.1 Å². The molecule has 26 heavy (non-hydrogen) atoms. The largest absolute Gasteiger partial charge is 0.457 e. The molecule has 1 fully saturated rings. The highest BCUT2D eigenvalue weighted by molar-refractivity contribution is 6.30. The lowest BCUT2D eigenvalue weighted by atomic mass is 9.89. The molecular weight excluding hydrogens is 340 g/mol. The Kier molecular flexibility index (Phi) is 4.99. The predicted molar refractivity (Wildman–Crippen MR) is 108 cm³/mol. The van der Waals surface area contributed by atoms with Crippen LogP contribution >= 0.6 is 11.6 Å². The summed E-state index contributed by atoms with van der Waals surface area (Å²) < 4.78 is 5.95. The summed E-state index contributed by atoms with van der Waals surface area (Å²) in [5.74, 6) is 1.79. The molecule has 3 aromatic rings. The summed E-state index contributed by atoms with van der Waals surface area (Å²) in [6, 6.07) is 26.8. The quantitative estimate of drug-likeness (QED) is 0.432. The van der Waals surface area contributed by atoms with E-state index in [1.165, 1.54) is 36.8 Å². The molecule has 1 aliphatic carbocycles. The van der Waals surface area contributed by atoms with E-state index in [-0.39, 0.29) is 0 Å². The van der Waals surface area contributed by atoms with Gasteiger partial charge in [0.05, 0.1) is 0 Å². The van der Waals surface area contributed by atoms with Crippen LogP contribution in [0.1, 0.15) is 36.8 Å². The number of rotatable bonds is 7. The second-order valence-corrected chi connectivity index (χ2v) is 7.64. The van der Waals surface area contributed by atoms with Crippen molar-refractivity contribution in [2.75, 3.05) is 0 Å². The molecule has 0 unspecified atom stereocenters. The van der Waals surface area contributed by atoms with E-state index in [1.54, 1.807) is 0 Å². The third kappa shape index (κ3) is 4.11. The van der Waals surface area contributed by atoms with Crippen LogP contribution in [0.2, 0.25) is 5.02 Å². The second-order valence-electron chi connectivity index (χ2n) is 7.20. The number of halogens is 1. The summed E-state index contributed by atoms with van der Waals surface area (Å²) in [6.45, 7) is 0. The number of benzene rings is 3. The van der Waals surface area contributed by atoms with Gasteiger partial charge in [-0.2, -0.15) is 0 Å². The lowest BCUT2D eigenvalue weighted by Crippen LogP contribution is -2.06. The second kappa shape index (κ2) is 7.55. The first-order chi connectivity index (χ1) is 12.7. The fourth-order valence-corrected chi connectivity index (χ4v) is 3.78. The average molecular weight is 363 g/mol. The van der Waals surface area contributed by atoms with Crippen molar-refractivity contribution in [1.82, 2.24) is 0 Å². The molecule has 0 amide bonds. The molecule has 0 radical (unpaired) electrons. The average Bonchev–Trinajstić information content (AvgIpc) is 3.44. The van der Waals surface area contributed by atoms with E-state index in [4.69, 9.17) is 16.3 Å². The SMILES string of the molecule is Clc1ccc(C2(CCCc3cccc(Oc4ccccc4)c3)CC2)cc1. The first kappa shape index (κ1) is 17.2. The van der Waals surface area contributed by atoms with Crippen molar-refractivity contribution in [2.45, 2.75) is 37.5 Å². The van der Waals surface area contributed by atoms with Gasteiger partial charge < -0.3 is 4.74 Å². The third-order valence-electron chi connectivity index (χ3n) is 5.31. The topological polar surface area (TPSA) is 9.23 Å². The molecule has 3 aromatic carbocycles. The maximum absolute atomic E-state index is 6.03. The van der Waals surface area contributed by atoms with Gasteiger partial charge in [0, 0.05) is 5.02 Å². The van der Waals surface area contributed by atoms with E-state index in [0.717, 1.165) is 22.9 Å². The van der Waals surface area contributed by atoms with Gasteiger partial charge in [0.25, 0.3) is 0 Å². The number of hydrogen-bond donors (Lipinski definition) is 0. The Labute approximate surface area is 160 Å². The molecule has 1 saturated carbocycles. The summed E-state index contributed by atoms with van der Waals surface area (Å²) in [6.07, 6.45) is 6.11. The van der Waals surface area contributed by atoms with Crippen LogP contribution in [0.15, 0.2) is 78.9 Å². The van der Waals surface area contributed by atoms with Crippen molar-refractivity contribution in [3.05, 3.63) is 95.0 Å². The van der Waals surface area contributed by atoms with Crippen molar-refractivity contribution in [2.24, 2.45) is 0 Å². The molecule has 2 heteroatoms. The van der Waals surface area contributed by atoms with Crippen LogP contribution in [-0.2, 0) is 11.8 Å². The number of ether oxygens (including phenoxy) is 1. The monoisotopic (exact) mass is 362 g/mol. The molecular formula is C24H23ClO. The minimum Gasteiger partial charge on any atom is -0.457 e. The summed E-state index contributed by atoms with van der Waals surface area (Å²) in [5, 5.41) is 0.819. The Morgan fingerprint density at radius 1 is 0.808 bits per heavy atom. The van der Waals surface area contributed by atoms with E-state index in [9.17, 15) is 0 Å². The number of hydrogen-bond acceptors (Lipinski definition) is 1. The minimum atomic E-state index is 0.392. The van der Waals surface area contributed by atoms with Gasteiger partial charge in [-0.05, 0) is 85.0 Å². The van der Waals surface area contributed by atoms with E-state index in [2.05, 4.69) is 30.3 Å². The molecule has 0 spiro atoms. The van der Waals surface area contributed by atoms with Gasteiger partial charge in [-0.15, -0.1) is 0 Å². The normalized spacial score (nSPS) is 14.8. The van der Waals surface area contributed by atoms with Crippen LogP contribution in [0.4, 0.5) is 0 Å². The van der Waals surface area contributed by atoms with Gasteiger partial charge in [0.2, 0.25) is 0 Å². The summed E-state index contributed by atoms with van der Waals surface area (Å²) in [5.41, 5.74) is 3.18. The first-order valence-electron chi connectivity index (χ1n) is 9.31. The van der Waals surface area contributed by atoms with Gasteiger partial charge in [-0.3, -0.25) is 0 Å². The Morgan fingerprint density at radius 3 is 2.27 bits per heavy atom. The molecule has 0 aromatic heterocycles. The fraction of sp³-hybridized carbons (Fsp3) is 0.250. The molecule has 0 heterocycles. The van der Waals surface area contributed by atoms with Gasteiger partial charge in [0.15, 0.2) is 0 Å². The molecule has 132 valence electrons. The van der Waals surface area contributed by atoms with Crippen molar-refractivity contribution in [3.63, 3.8) is 0 Å². The molecule has 0 N–H and O–H groups in total. The predicted octanol–water partition coefficient (Wildman–Crippen LogP) is 7.19. The van der Waals surface area contributed by atoms with Crippen LogP contribution < -0.4 is 4.74 Å². The lowest BCUT2D eigenvalue weighted by Gasteiger charge is -2.16. The highest BCUT2D eigenvalue weighted by Crippen LogP contribution is 2.52. The highest BCUT2D eigenvalue weighted by Gasteiger charge is 2.43. The maximum Gasteiger partial charge on any atom is 0.127 e. The number of aryl methyl sites for hydroxylation is 1. The lowest BCUT2D eigenvalue weighted by molar-refractivity contribution is 0.481. The zero-order valence-electron chi connectivity index (χ0n) is 14.8. The molecule has 4 rings (SSSR count). The van der Waals surface area contributed by atoms with Crippen molar-refractivity contribution in [3.8, 4) is 11.5 Å². The van der Waals surface area contributed by atoms with Crippen LogP contribution in [0.5, 0.6) is 11.5 Å². The van der Waals surface area contributed by atoms with Crippen LogP contribution in [0.25, 0.3) is 0 Å². The molecule has 0 atom stereocenters. The third-order valence-corrected chi connectivity index (χ3v) is 5.56. The molecule has 0 saturated heterocycles. The van der Waals surface area contributed by atoms with E-state index in [0.29, 0.717) is 5.41 Å². The molecule has 0 bridgehead atoms. The molecule has 1 aliphatic rings. The van der Waals surface area contributed by atoms with Crippen molar-refractivity contribution >= 4 is 11.6 Å². The first-order valence-corrected chi connectivity index (χ1v) is 9.69. The fourth-order valence-electron chi connectivity index (χ4n) is 3.66.